The normalized spacial score (nSPS) is 21.3. The van der Waals surface area contributed by atoms with Gasteiger partial charge in [0.15, 0.2) is 0 Å². The molecule has 1 aromatic rings. The van der Waals surface area contributed by atoms with E-state index in [1.54, 1.807) is 0 Å². The van der Waals surface area contributed by atoms with Gasteiger partial charge in [0, 0.05) is 18.1 Å². The Morgan fingerprint density at radius 1 is 1.39 bits per heavy atom. The van der Waals surface area contributed by atoms with Gasteiger partial charge in [0.1, 0.15) is 0 Å². The van der Waals surface area contributed by atoms with Crippen LogP contribution in [0.25, 0.3) is 0 Å². The molecule has 2 amide bonds. The summed E-state index contributed by atoms with van der Waals surface area (Å²) >= 11 is 5.69. The molecule has 1 aliphatic heterocycles. The maximum Gasteiger partial charge on any atom is 0.418 e. The SMILES string of the molecule is CC1(C(=O)O)CCN(C(=O)Nc2cc(Cl)ccc2C(F)(F)F)C1. The molecule has 1 aliphatic rings. The molecule has 2 N–H and O–H groups in total. The standard InChI is InChI=1S/C14H14ClF3N2O3/c1-13(11(21)22)4-5-20(7-13)12(23)19-10-6-8(15)2-3-9(10)14(16,17)18/h2-3,6H,4-5,7H2,1H3,(H,19,23)(H,21,22). The zero-order valence-corrected chi connectivity index (χ0v) is 12.8. The summed E-state index contributed by atoms with van der Waals surface area (Å²) in [5.41, 5.74) is -2.58. The minimum absolute atomic E-state index is 0.0464. The molecule has 5 nitrogen and oxygen atoms in total. The van der Waals surface area contributed by atoms with E-state index in [0.29, 0.717) is 0 Å². The molecule has 0 aliphatic carbocycles. The van der Waals surface area contributed by atoms with Gasteiger partial charge in [-0.1, -0.05) is 11.6 Å². The summed E-state index contributed by atoms with van der Waals surface area (Å²) in [7, 11) is 0. The molecule has 1 saturated heterocycles. The maximum absolute atomic E-state index is 13.0. The van der Waals surface area contributed by atoms with Crippen molar-refractivity contribution in [3.05, 3.63) is 28.8 Å². The van der Waals surface area contributed by atoms with E-state index in [9.17, 15) is 22.8 Å². The molecule has 1 atom stereocenters. The van der Waals surface area contributed by atoms with Crippen molar-refractivity contribution in [3.8, 4) is 0 Å². The Bertz CT molecular complexity index is 651. The number of urea groups is 1. The van der Waals surface area contributed by atoms with Gasteiger partial charge < -0.3 is 15.3 Å². The van der Waals surface area contributed by atoms with Crippen molar-refractivity contribution < 1.29 is 27.9 Å². The molecule has 1 aromatic carbocycles. The van der Waals surface area contributed by atoms with Gasteiger partial charge in [0.2, 0.25) is 0 Å². The lowest BCUT2D eigenvalue weighted by molar-refractivity contribution is -0.147. The van der Waals surface area contributed by atoms with E-state index in [4.69, 9.17) is 16.7 Å². The Balaban J connectivity index is 2.19. The number of carboxylic acids is 1. The molecule has 2 rings (SSSR count). The highest BCUT2D eigenvalue weighted by Gasteiger charge is 2.42. The van der Waals surface area contributed by atoms with Crippen LogP contribution in [0.3, 0.4) is 0 Å². The van der Waals surface area contributed by atoms with Crippen LogP contribution >= 0.6 is 11.6 Å². The minimum atomic E-state index is -4.65. The Morgan fingerprint density at radius 3 is 2.57 bits per heavy atom. The highest BCUT2D eigenvalue weighted by molar-refractivity contribution is 6.31. The first kappa shape index (κ1) is 17.4. The van der Waals surface area contributed by atoms with Crippen molar-refractivity contribution in [1.82, 2.24) is 4.90 Å². The molecular weight excluding hydrogens is 337 g/mol. The highest BCUT2D eigenvalue weighted by atomic mass is 35.5. The van der Waals surface area contributed by atoms with Crippen LogP contribution < -0.4 is 5.32 Å². The number of anilines is 1. The number of hydrogen-bond acceptors (Lipinski definition) is 2. The van der Waals surface area contributed by atoms with E-state index < -0.39 is 34.8 Å². The van der Waals surface area contributed by atoms with Crippen LogP contribution in [-0.2, 0) is 11.0 Å². The summed E-state index contributed by atoms with van der Waals surface area (Å²) in [6, 6.07) is 2.08. The van der Waals surface area contributed by atoms with Crippen molar-refractivity contribution in [2.45, 2.75) is 19.5 Å². The molecule has 126 valence electrons. The molecule has 0 saturated carbocycles. The van der Waals surface area contributed by atoms with Crippen molar-refractivity contribution in [2.24, 2.45) is 5.41 Å². The number of alkyl halides is 3. The number of aliphatic carboxylic acids is 1. The van der Waals surface area contributed by atoms with Crippen LogP contribution in [-0.4, -0.2) is 35.1 Å². The summed E-state index contributed by atoms with van der Waals surface area (Å²) in [5, 5.41) is 11.3. The first-order valence-electron chi connectivity index (χ1n) is 6.69. The van der Waals surface area contributed by atoms with Crippen LogP contribution in [0.4, 0.5) is 23.7 Å². The van der Waals surface area contributed by atoms with E-state index >= 15 is 0 Å². The van der Waals surface area contributed by atoms with E-state index in [1.165, 1.54) is 11.8 Å². The number of nitrogens with zero attached hydrogens (tertiary/aromatic N) is 1. The third-order valence-corrected chi connectivity index (χ3v) is 4.04. The van der Waals surface area contributed by atoms with Crippen LogP contribution in [0.1, 0.15) is 18.9 Å². The predicted octanol–water partition coefficient (Wildman–Crippen LogP) is 3.69. The minimum Gasteiger partial charge on any atom is -0.481 e. The fraction of sp³-hybridized carbons (Fsp3) is 0.429. The highest BCUT2D eigenvalue weighted by Crippen LogP contribution is 2.37. The van der Waals surface area contributed by atoms with Gasteiger partial charge in [-0.25, -0.2) is 4.79 Å². The molecular formula is C14H14ClF3N2O3. The van der Waals surface area contributed by atoms with Gasteiger partial charge in [-0.2, -0.15) is 13.2 Å². The molecule has 0 spiro atoms. The summed E-state index contributed by atoms with van der Waals surface area (Å²) in [6.45, 7) is 1.57. The quantitative estimate of drug-likeness (QED) is 0.854. The number of carboxylic acid groups (broad SMARTS) is 1. The smallest absolute Gasteiger partial charge is 0.418 e. The van der Waals surface area contributed by atoms with E-state index in [1.807, 2.05) is 0 Å². The lowest BCUT2D eigenvalue weighted by atomic mass is 9.90. The number of nitrogens with one attached hydrogen (secondary N) is 1. The Morgan fingerprint density at radius 2 is 2.04 bits per heavy atom. The Kier molecular flexibility index (Phi) is 4.48. The number of carbonyl (C=O) groups excluding carboxylic acids is 1. The Hall–Kier alpha value is -1.96. The van der Waals surface area contributed by atoms with Crippen LogP contribution in [0.2, 0.25) is 5.02 Å². The number of carbonyl (C=O) groups is 2. The lowest BCUT2D eigenvalue weighted by Crippen LogP contribution is -2.37. The molecule has 9 heteroatoms. The fourth-order valence-electron chi connectivity index (χ4n) is 2.37. The number of amides is 2. The Labute approximate surface area is 135 Å². The zero-order chi connectivity index (χ0) is 17.4. The summed E-state index contributed by atoms with van der Waals surface area (Å²) in [6.07, 6.45) is -4.41. The topological polar surface area (TPSA) is 69.6 Å². The molecule has 0 aromatic heterocycles. The van der Waals surface area contributed by atoms with Gasteiger partial charge >= 0.3 is 18.2 Å². The average molecular weight is 351 g/mol. The molecule has 1 fully saturated rings. The number of likely N-dealkylation sites (tertiary alicyclic amines) is 1. The second kappa shape index (κ2) is 5.92. The molecule has 23 heavy (non-hydrogen) atoms. The largest absolute Gasteiger partial charge is 0.481 e. The van der Waals surface area contributed by atoms with Gasteiger partial charge in [-0.3, -0.25) is 4.79 Å². The summed E-state index contributed by atoms with van der Waals surface area (Å²) < 4.78 is 38.9. The third-order valence-electron chi connectivity index (χ3n) is 3.81. The van der Waals surface area contributed by atoms with Crippen molar-refractivity contribution in [1.29, 1.82) is 0 Å². The van der Waals surface area contributed by atoms with Gasteiger partial charge in [-0.15, -0.1) is 0 Å². The first-order chi connectivity index (χ1) is 10.5. The van der Waals surface area contributed by atoms with Crippen LogP contribution in [0.15, 0.2) is 18.2 Å². The van der Waals surface area contributed by atoms with E-state index in [0.717, 1.165) is 18.2 Å². The lowest BCUT2D eigenvalue weighted by Gasteiger charge is -2.21. The molecule has 1 heterocycles. The monoisotopic (exact) mass is 350 g/mol. The zero-order valence-electron chi connectivity index (χ0n) is 12.1. The first-order valence-corrected chi connectivity index (χ1v) is 7.07. The predicted molar refractivity (Wildman–Crippen MR) is 77.4 cm³/mol. The maximum atomic E-state index is 13.0. The average Bonchev–Trinajstić information content (AvgIpc) is 2.81. The summed E-state index contributed by atoms with van der Waals surface area (Å²) in [5.74, 6) is -1.05. The number of benzene rings is 1. The number of hydrogen-bond donors (Lipinski definition) is 2. The second-order valence-electron chi connectivity index (χ2n) is 5.66. The fourth-order valence-corrected chi connectivity index (χ4v) is 2.54. The molecule has 0 bridgehead atoms. The molecule has 0 radical (unpaired) electrons. The van der Waals surface area contributed by atoms with Crippen LogP contribution in [0.5, 0.6) is 0 Å². The van der Waals surface area contributed by atoms with Crippen molar-refractivity contribution >= 4 is 29.3 Å². The van der Waals surface area contributed by atoms with Gasteiger partial charge in [0.25, 0.3) is 0 Å². The van der Waals surface area contributed by atoms with E-state index in [-0.39, 0.29) is 24.5 Å². The third kappa shape index (κ3) is 3.69. The van der Waals surface area contributed by atoms with Crippen LogP contribution in [0, 0.1) is 5.41 Å². The van der Waals surface area contributed by atoms with Gasteiger partial charge in [0.05, 0.1) is 16.7 Å². The summed E-state index contributed by atoms with van der Waals surface area (Å²) in [4.78, 5) is 24.5. The van der Waals surface area contributed by atoms with E-state index in [2.05, 4.69) is 5.32 Å². The molecule has 1 unspecified atom stereocenters. The van der Waals surface area contributed by atoms with Gasteiger partial charge in [-0.05, 0) is 31.5 Å². The number of halogens is 4. The number of rotatable bonds is 2. The van der Waals surface area contributed by atoms with Crippen molar-refractivity contribution in [2.75, 3.05) is 18.4 Å². The second-order valence-corrected chi connectivity index (χ2v) is 6.09. The van der Waals surface area contributed by atoms with Crippen molar-refractivity contribution in [3.63, 3.8) is 0 Å².